The Kier molecular flexibility index (Phi) is 3.74. The average molecular weight is 324 g/mol. The minimum Gasteiger partial charge on any atom is -0.485 e. The van der Waals surface area contributed by atoms with Gasteiger partial charge >= 0.3 is 0 Å². The number of benzene rings is 1. The van der Waals surface area contributed by atoms with E-state index in [1.165, 1.54) is 0 Å². The summed E-state index contributed by atoms with van der Waals surface area (Å²) in [6.45, 7) is 0.659. The van der Waals surface area contributed by atoms with Gasteiger partial charge in [0.25, 0.3) is 5.91 Å². The molecule has 0 saturated heterocycles. The number of para-hydroxylation sites is 2. The number of aromatic nitrogens is 3. The first-order valence-corrected chi connectivity index (χ1v) is 7.76. The zero-order valence-electron chi connectivity index (χ0n) is 12.9. The fourth-order valence-electron chi connectivity index (χ4n) is 2.62. The topological polar surface area (TPSA) is 77.8 Å². The lowest BCUT2D eigenvalue weighted by atomic mass is 10.2. The van der Waals surface area contributed by atoms with Gasteiger partial charge in [-0.1, -0.05) is 18.2 Å². The number of pyridine rings is 1. The molecule has 1 amide bonds. The van der Waals surface area contributed by atoms with Crippen molar-refractivity contribution in [1.29, 1.82) is 0 Å². The molecule has 1 aliphatic heterocycles. The van der Waals surface area contributed by atoms with Crippen LogP contribution in [-0.4, -0.2) is 39.8 Å². The number of nitrogens with one attached hydrogen (secondary N) is 1. The van der Waals surface area contributed by atoms with E-state index < -0.39 is 6.10 Å². The molecule has 1 aliphatic rings. The summed E-state index contributed by atoms with van der Waals surface area (Å²) in [7, 11) is 0. The number of amides is 1. The second-order valence-corrected chi connectivity index (χ2v) is 5.45. The Bertz CT molecular complexity index is 877. The standard InChI is InChI=1S/C17H16N4O3/c22-17(14-11-23-12-5-1-2-6-13(12)24-14)18-9-8-16-20-19-15-7-3-4-10-21(15)16/h1-7,10,14H,8-9,11H2,(H,18,22). The van der Waals surface area contributed by atoms with Crippen molar-refractivity contribution in [3.05, 3.63) is 54.5 Å². The molecule has 1 atom stereocenters. The van der Waals surface area contributed by atoms with Crippen LogP contribution in [0.25, 0.3) is 5.65 Å². The Morgan fingerprint density at radius 2 is 2.00 bits per heavy atom. The first-order valence-electron chi connectivity index (χ1n) is 7.76. The van der Waals surface area contributed by atoms with Crippen LogP contribution in [0.4, 0.5) is 0 Å². The van der Waals surface area contributed by atoms with Gasteiger partial charge in [-0.05, 0) is 24.3 Å². The largest absolute Gasteiger partial charge is 0.485 e. The van der Waals surface area contributed by atoms with E-state index in [0.29, 0.717) is 24.5 Å². The van der Waals surface area contributed by atoms with Gasteiger partial charge in [0.05, 0.1) is 0 Å². The Morgan fingerprint density at radius 1 is 1.17 bits per heavy atom. The number of fused-ring (bicyclic) bond motifs is 2. The summed E-state index contributed by atoms with van der Waals surface area (Å²) in [6.07, 6.45) is 1.85. The number of hydrogen-bond donors (Lipinski definition) is 1. The summed E-state index contributed by atoms with van der Waals surface area (Å²) in [4.78, 5) is 12.2. The van der Waals surface area contributed by atoms with Crippen LogP contribution >= 0.6 is 0 Å². The molecule has 24 heavy (non-hydrogen) atoms. The van der Waals surface area contributed by atoms with E-state index in [0.717, 1.165) is 11.5 Å². The van der Waals surface area contributed by atoms with Gasteiger partial charge in [0.15, 0.2) is 17.1 Å². The Morgan fingerprint density at radius 3 is 2.92 bits per heavy atom. The number of rotatable bonds is 4. The van der Waals surface area contributed by atoms with Gasteiger partial charge < -0.3 is 14.8 Å². The predicted octanol–water partition coefficient (Wildman–Crippen LogP) is 1.23. The molecular formula is C17H16N4O3. The van der Waals surface area contributed by atoms with Gasteiger partial charge in [0.2, 0.25) is 6.10 Å². The fourth-order valence-corrected chi connectivity index (χ4v) is 2.62. The van der Waals surface area contributed by atoms with E-state index in [2.05, 4.69) is 15.5 Å². The van der Waals surface area contributed by atoms with Crippen LogP contribution in [0.3, 0.4) is 0 Å². The highest BCUT2D eigenvalue weighted by molar-refractivity contribution is 5.81. The van der Waals surface area contributed by atoms with E-state index in [-0.39, 0.29) is 12.5 Å². The lowest BCUT2D eigenvalue weighted by Gasteiger charge is -2.25. The second kappa shape index (κ2) is 6.19. The number of ether oxygens (including phenoxy) is 2. The van der Waals surface area contributed by atoms with Gasteiger partial charge in [0.1, 0.15) is 12.4 Å². The smallest absolute Gasteiger partial charge is 0.264 e. The molecule has 0 saturated carbocycles. The molecule has 0 spiro atoms. The van der Waals surface area contributed by atoms with Gasteiger partial charge in [0, 0.05) is 19.2 Å². The van der Waals surface area contributed by atoms with Crippen LogP contribution in [-0.2, 0) is 11.2 Å². The molecule has 3 aromatic rings. The highest BCUT2D eigenvalue weighted by Crippen LogP contribution is 2.30. The summed E-state index contributed by atoms with van der Waals surface area (Å²) in [5, 5.41) is 11.1. The molecule has 1 unspecified atom stereocenters. The minimum atomic E-state index is -0.643. The average Bonchev–Trinajstić information content (AvgIpc) is 3.04. The normalized spacial score (nSPS) is 16.1. The molecular weight excluding hydrogens is 308 g/mol. The molecule has 1 aromatic carbocycles. The summed E-state index contributed by atoms with van der Waals surface area (Å²) < 4.78 is 13.1. The monoisotopic (exact) mass is 324 g/mol. The molecule has 2 aromatic heterocycles. The van der Waals surface area contributed by atoms with Crippen LogP contribution in [0.2, 0.25) is 0 Å². The predicted molar refractivity (Wildman–Crippen MR) is 86.1 cm³/mol. The van der Waals surface area contributed by atoms with Crippen molar-refractivity contribution in [3.8, 4) is 11.5 Å². The number of carbonyl (C=O) groups excluding carboxylic acids is 1. The molecule has 7 nitrogen and oxygen atoms in total. The molecule has 122 valence electrons. The van der Waals surface area contributed by atoms with Crippen molar-refractivity contribution in [1.82, 2.24) is 19.9 Å². The Balaban J connectivity index is 1.34. The fraction of sp³-hybridized carbons (Fsp3) is 0.235. The van der Waals surface area contributed by atoms with Crippen LogP contribution in [0.1, 0.15) is 5.82 Å². The number of nitrogens with zero attached hydrogens (tertiary/aromatic N) is 3. The van der Waals surface area contributed by atoms with Crippen LogP contribution in [0, 0.1) is 0 Å². The zero-order chi connectivity index (χ0) is 16.4. The van der Waals surface area contributed by atoms with E-state index in [1.807, 2.05) is 47.0 Å². The molecule has 3 heterocycles. The molecule has 7 heteroatoms. The minimum absolute atomic E-state index is 0.196. The van der Waals surface area contributed by atoms with Crippen molar-refractivity contribution >= 4 is 11.6 Å². The summed E-state index contributed by atoms with van der Waals surface area (Å²) in [5.41, 5.74) is 0.791. The molecule has 0 radical (unpaired) electrons. The third-order valence-electron chi connectivity index (χ3n) is 3.83. The van der Waals surface area contributed by atoms with Crippen LogP contribution in [0.5, 0.6) is 11.5 Å². The molecule has 1 N–H and O–H groups in total. The molecule has 0 bridgehead atoms. The van der Waals surface area contributed by atoms with E-state index >= 15 is 0 Å². The van der Waals surface area contributed by atoms with Gasteiger partial charge in [-0.25, -0.2) is 0 Å². The highest BCUT2D eigenvalue weighted by atomic mass is 16.6. The summed E-state index contributed by atoms with van der Waals surface area (Å²) in [6, 6.07) is 13.0. The van der Waals surface area contributed by atoms with Gasteiger partial charge in [-0.3, -0.25) is 9.20 Å². The molecule has 4 rings (SSSR count). The SMILES string of the molecule is O=C(NCCc1nnc2ccccn12)C1COc2ccccc2O1. The maximum absolute atomic E-state index is 12.2. The number of hydrogen-bond acceptors (Lipinski definition) is 5. The lowest BCUT2D eigenvalue weighted by Crippen LogP contribution is -2.44. The first-order chi connectivity index (χ1) is 11.8. The van der Waals surface area contributed by atoms with Crippen molar-refractivity contribution < 1.29 is 14.3 Å². The Hall–Kier alpha value is -3.09. The summed E-state index contributed by atoms with van der Waals surface area (Å²) >= 11 is 0. The van der Waals surface area contributed by atoms with Crippen molar-refractivity contribution in [2.45, 2.75) is 12.5 Å². The second-order valence-electron chi connectivity index (χ2n) is 5.45. The maximum atomic E-state index is 12.2. The third kappa shape index (κ3) is 2.76. The first kappa shape index (κ1) is 14.5. The zero-order valence-corrected chi connectivity index (χ0v) is 12.9. The molecule has 0 fully saturated rings. The van der Waals surface area contributed by atoms with Crippen LogP contribution < -0.4 is 14.8 Å². The maximum Gasteiger partial charge on any atom is 0.264 e. The van der Waals surface area contributed by atoms with Gasteiger partial charge in [-0.2, -0.15) is 0 Å². The third-order valence-corrected chi connectivity index (χ3v) is 3.83. The van der Waals surface area contributed by atoms with Crippen LogP contribution in [0.15, 0.2) is 48.7 Å². The van der Waals surface area contributed by atoms with E-state index in [4.69, 9.17) is 9.47 Å². The quantitative estimate of drug-likeness (QED) is 0.781. The summed E-state index contributed by atoms with van der Waals surface area (Å²) in [5.74, 6) is 1.86. The van der Waals surface area contributed by atoms with E-state index in [9.17, 15) is 4.79 Å². The van der Waals surface area contributed by atoms with E-state index in [1.54, 1.807) is 6.07 Å². The van der Waals surface area contributed by atoms with Crippen molar-refractivity contribution in [2.75, 3.05) is 13.2 Å². The van der Waals surface area contributed by atoms with Crippen molar-refractivity contribution in [3.63, 3.8) is 0 Å². The molecule has 0 aliphatic carbocycles. The highest BCUT2D eigenvalue weighted by Gasteiger charge is 2.26. The lowest BCUT2D eigenvalue weighted by molar-refractivity contribution is -0.130. The number of carbonyl (C=O) groups is 1. The Labute approximate surface area is 138 Å². The van der Waals surface area contributed by atoms with Gasteiger partial charge in [-0.15, -0.1) is 10.2 Å². The van der Waals surface area contributed by atoms with Crippen molar-refractivity contribution in [2.24, 2.45) is 0 Å².